The van der Waals surface area contributed by atoms with E-state index in [2.05, 4.69) is 5.32 Å². The van der Waals surface area contributed by atoms with E-state index in [1.807, 2.05) is 0 Å². The van der Waals surface area contributed by atoms with Crippen molar-refractivity contribution in [1.82, 2.24) is 5.32 Å². The Bertz CT molecular complexity index is 427. The molecule has 0 bridgehead atoms. The van der Waals surface area contributed by atoms with Gasteiger partial charge in [0, 0.05) is 0 Å². The van der Waals surface area contributed by atoms with Crippen LogP contribution in [-0.4, -0.2) is 18.8 Å². The van der Waals surface area contributed by atoms with Crippen molar-refractivity contribution in [3.63, 3.8) is 0 Å². The maximum absolute atomic E-state index is 13.0. The Kier molecular flexibility index (Phi) is 3.61. The standard InChI is InChI=1S/C13H15F4N/c1-8-6-10(14)2-3-11(8)9-4-5-18-12(7-9)13(15,16)17/h2-3,6,9,12,18H,4-5,7H2,1H3. The Balaban J connectivity index is 2.18. The molecule has 1 saturated heterocycles. The third kappa shape index (κ3) is 2.83. The van der Waals surface area contributed by atoms with Gasteiger partial charge in [-0.3, -0.25) is 0 Å². The van der Waals surface area contributed by atoms with Gasteiger partial charge in [-0.25, -0.2) is 4.39 Å². The van der Waals surface area contributed by atoms with E-state index < -0.39 is 12.2 Å². The summed E-state index contributed by atoms with van der Waals surface area (Å²) >= 11 is 0. The van der Waals surface area contributed by atoms with Crippen LogP contribution in [0.2, 0.25) is 0 Å². The number of nitrogens with one attached hydrogen (secondary N) is 1. The molecular formula is C13H15F4N. The lowest BCUT2D eigenvalue weighted by Crippen LogP contribution is -2.47. The monoisotopic (exact) mass is 261 g/mol. The first kappa shape index (κ1) is 13.3. The molecule has 2 unspecified atom stereocenters. The summed E-state index contributed by atoms with van der Waals surface area (Å²) in [6.45, 7) is 2.08. The number of halogens is 4. The molecule has 0 spiro atoms. The van der Waals surface area contributed by atoms with Crippen molar-refractivity contribution < 1.29 is 17.6 Å². The normalized spacial score (nSPS) is 25.2. The fourth-order valence-electron chi connectivity index (χ4n) is 2.55. The van der Waals surface area contributed by atoms with Crippen LogP contribution in [-0.2, 0) is 0 Å². The first-order valence-corrected chi connectivity index (χ1v) is 5.94. The van der Waals surface area contributed by atoms with Crippen LogP contribution in [0.25, 0.3) is 0 Å². The van der Waals surface area contributed by atoms with Crippen LogP contribution in [0.1, 0.15) is 29.9 Å². The van der Waals surface area contributed by atoms with Crippen molar-refractivity contribution in [1.29, 1.82) is 0 Å². The third-order valence-corrected chi connectivity index (χ3v) is 3.47. The molecule has 100 valence electrons. The predicted octanol–water partition coefficient (Wildman–Crippen LogP) is 3.53. The Labute approximate surface area is 103 Å². The van der Waals surface area contributed by atoms with Gasteiger partial charge in [-0.05, 0) is 55.5 Å². The summed E-state index contributed by atoms with van der Waals surface area (Å²) in [4.78, 5) is 0. The summed E-state index contributed by atoms with van der Waals surface area (Å²) in [6, 6.07) is 2.83. The molecule has 0 radical (unpaired) electrons. The van der Waals surface area contributed by atoms with Gasteiger partial charge in [0.15, 0.2) is 0 Å². The van der Waals surface area contributed by atoms with Gasteiger partial charge >= 0.3 is 6.18 Å². The fraction of sp³-hybridized carbons (Fsp3) is 0.538. The molecule has 2 rings (SSSR count). The van der Waals surface area contributed by atoms with E-state index in [-0.39, 0.29) is 18.2 Å². The van der Waals surface area contributed by atoms with E-state index in [1.54, 1.807) is 13.0 Å². The molecular weight excluding hydrogens is 246 g/mol. The second-order valence-electron chi connectivity index (χ2n) is 4.77. The minimum absolute atomic E-state index is 0.0238. The van der Waals surface area contributed by atoms with E-state index in [0.29, 0.717) is 13.0 Å². The molecule has 1 N–H and O–H groups in total. The van der Waals surface area contributed by atoms with Gasteiger partial charge < -0.3 is 5.32 Å². The SMILES string of the molecule is Cc1cc(F)ccc1C1CCNC(C(F)(F)F)C1. The van der Waals surface area contributed by atoms with Crippen molar-refractivity contribution in [3.8, 4) is 0 Å². The molecule has 1 fully saturated rings. The summed E-state index contributed by atoms with van der Waals surface area (Å²) < 4.78 is 51.0. The van der Waals surface area contributed by atoms with E-state index in [9.17, 15) is 17.6 Å². The van der Waals surface area contributed by atoms with Gasteiger partial charge in [0.2, 0.25) is 0 Å². The molecule has 18 heavy (non-hydrogen) atoms. The van der Waals surface area contributed by atoms with Crippen LogP contribution < -0.4 is 5.32 Å². The maximum Gasteiger partial charge on any atom is 0.403 e. The molecule has 1 aromatic rings. The van der Waals surface area contributed by atoms with Crippen LogP contribution in [0.3, 0.4) is 0 Å². The highest BCUT2D eigenvalue weighted by molar-refractivity contribution is 5.30. The molecule has 0 amide bonds. The third-order valence-electron chi connectivity index (χ3n) is 3.47. The van der Waals surface area contributed by atoms with Crippen LogP contribution in [0, 0.1) is 12.7 Å². The van der Waals surface area contributed by atoms with Crippen molar-refractivity contribution in [2.45, 2.75) is 37.9 Å². The Morgan fingerprint density at radius 3 is 2.61 bits per heavy atom. The van der Waals surface area contributed by atoms with Crippen LogP contribution in [0.5, 0.6) is 0 Å². The molecule has 0 aliphatic carbocycles. The van der Waals surface area contributed by atoms with E-state index in [0.717, 1.165) is 11.1 Å². The number of rotatable bonds is 1. The molecule has 1 aromatic carbocycles. The largest absolute Gasteiger partial charge is 0.403 e. The zero-order valence-corrected chi connectivity index (χ0v) is 10.0. The average molecular weight is 261 g/mol. The lowest BCUT2D eigenvalue weighted by molar-refractivity contribution is -0.161. The van der Waals surface area contributed by atoms with E-state index in [1.165, 1.54) is 12.1 Å². The van der Waals surface area contributed by atoms with Gasteiger partial charge in [0.25, 0.3) is 0 Å². The summed E-state index contributed by atoms with van der Waals surface area (Å²) in [5.74, 6) is -0.504. The summed E-state index contributed by atoms with van der Waals surface area (Å²) in [6.07, 6.45) is -3.54. The van der Waals surface area contributed by atoms with Gasteiger partial charge in [-0.15, -0.1) is 0 Å². The first-order chi connectivity index (χ1) is 8.38. The Morgan fingerprint density at radius 2 is 2.00 bits per heavy atom. The molecule has 0 aromatic heterocycles. The molecule has 1 nitrogen and oxygen atoms in total. The predicted molar refractivity (Wildman–Crippen MR) is 61.0 cm³/mol. The van der Waals surface area contributed by atoms with Crippen molar-refractivity contribution in [2.24, 2.45) is 0 Å². The van der Waals surface area contributed by atoms with Crippen LogP contribution in [0.4, 0.5) is 17.6 Å². The second kappa shape index (κ2) is 4.88. The lowest BCUT2D eigenvalue weighted by Gasteiger charge is -2.32. The van der Waals surface area contributed by atoms with Gasteiger partial charge in [-0.1, -0.05) is 6.07 Å². The van der Waals surface area contributed by atoms with E-state index >= 15 is 0 Å². The average Bonchev–Trinajstić information content (AvgIpc) is 2.28. The number of alkyl halides is 3. The summed E-state index contributed by atoms with van der Waals surface area (Å²) in [7, 11) is 0. The molecule has 0 saturated carbocycles. The molecule has 2 atom stereocenters. The molecule has 1 aliphatic heterocycles. The van der Waals surface area contributed by atoms with Crippen molar-refractivity contribution in [3.05, 3.63) is 35.1 Å². The van der Waals surface area contributed by atoms with Crippen LogP contribution in [0.15, 0.2) is 18.2 Å². The summed E-state index contributed by atoms with van der Waals surface area (Å²) in [5, 5.41) is 2.49. The maximum atomic E-state index is 13.0. The van der Waals surface area contributed by atoms with Crippen LogP contribution >= 0.6 is 0 Å². The Morgan fingerprint density at radius 1 is 1.28 bits per heavy atom. The van der Waals surface area contributed by atoms with Gasteiger partial charge in [0.1, 0.15) is 11.9 Å². The fourth-order valence-corrected chi connectivity index (χ4v) is 2.55. The molecule has 1 heterocycles. The first-order valence-electron chi connectivity index (χ1n) is 5.94. The van der Waals surface area contributed by atoms with Crippen molar-refractivity contribution >= 4 is 0 Å². The van der Waals surface area contributed by atoms with E-state index in [4.69, 9.17) is 0 Å². The minimum atomic E-state index is -4.22. The molecule has 5 heteroatoms. The minimum Gasteiger partial charge on any atom is -0.306 e. The number of piperidine rings is 1. The number of hydrogen-bond acceptors (Lipinski definition) is 1. The zero-order valence-electron chi connectivity index (χ0n) is 10.0. The second-order valence-corrected chi connectivity index (χ2v) is 4.77. The lowest BCUT2D eigenvalue weighted by atomic mass is 9.84. The number of hydrogen-bond donors (Lipinski definition) is 1. The highest BCUT2D eigenvalue weighted by atomic mass is 19.4. The Hall–Kier alpha value is -1.10. The topological polar surface area (TPSA) is 12.0 Å². The molecule has 1 aliphatic rings. The highest BCUT2D eigenvalue weighted by Crippen LogP contribution is 2.35. The van der Waals surface area contributed by atoms with Gasteiger partial charge in [0.05, 0.1) is 0 Å². The van der Waals surface area contributed by atoms with Crippen molar-refractivity contribution in [2.75, 3.05) is 6.54 Å². The number of aryl methyl sites for hydroxylation is 1. The van der Waals surface area contributed by atoms with Gasteiger partial charge in [-0.2, -0.15) is 13.2 Å². The quantitative estimate of drug-likeness (QED) is 0.762. The number of benzene rings is 1. The smallest absolute Gasteiger partial charge is 0.306 e. The summed E-state index contributed by atoms with van der Waals surface area (Å²) in [5.41, 5.74) is 1.55. The highest BCUT2D eigenvalue weighted by Gasteiger charge is 2.42. The zero-order chi connectivity index (χ0) is 13.3.